The predicted octanol–water partition coefficient (Wildman–Crippen LogP) is 3.52. The minimum Gasteiger partial charge on any atom is -0.273 e. The van der Waals surface area contributed by atoms with Crippen LogP contribution < -0.4 is 5.43 Å². The molecule has 0 radical (unpaired) electrons. The Bertz CT molecular complexity index is 691. The molecule has 2 aliphatic carbocycles. The minimum atomic E-state index is -0.548. The van der Waals surface area contributed by atoms with Gasteiger partial charge in [-0.25, -0.2) is 5.43 Å². The quantitative estimate of drug-likeness (QED) is 0.519. The topological polar surface area (TPSA) is 84.6 Å². The summed E-state index contributed by atoms with van der Waals surface area (Å²) in [5, 5.41) is 14.8. The van der Waals surface area contributed by atoms with Gasteiger partial charge in [0, 0.05) is 17.5 Å². The van der Waals surface area contributed by atoms with Gasteiger partial charge in [-0.05, 0) is 30.2 Å². The minimum absolute atomic E-state index is 0.0432. The van der Waals surface area contributed by atoms with Crippen LogP contribution in [0.15, 0.2) is 23.3 Å². The van der Waals surface area contributed by atoms with Crippen LogP contribution in [0.5, 0.6) is 0 Å². The Hall–Kier alpha value is -1.95. The number of hydrogen-bond donors (Lipinski definition) is 1. The highest BCUT2D eigenvalue weighted by Crippen LogP contribution is 2.66. The molecule has 1 aromatic rings. The molecule has 3 atom stereocenters. The lowest BCUT2D eigenvalue weighted by Crippen LogP contribution is -2.22. The van der Waals surface area contributed by atoms with E-state index in [-0.39, 0.29) is 28.0 Å². The number of benzene rings is 1. The Balaban J connectivity index is 1.62. The summed E-state index contributed by atoms with van der Waals surface area (Å²) in [6.45, 7) is 2.17. The molecule has 2 aliphatic rings. The van der Waals surface area contributed by atoms with Gasteiger partial charge in [0.15, 0.2) is 0 Å². The van der Waals surface area contributed by atoms with E-state index in [9.17, 15) is 14.9 Å². The van der Waals surface area contributed by atoms with Gasteiger partial charge in [-0.3, -0.25) is 14.9 Å². The van der Waals surface area contributed by atoms with Gasteiger partial charge >= 0.3 is 0 Å². The van der Waals surface area contributed by atoms with Crippen molar-refractivity contribution >= 4 is 29.4 Å². The lowest BCUT2D eigenvalue weighted by molar-refractivity contribution is -0.384. The second-order valence-corrected chi connectivity index (χ2v) is 6.95. The predicted molar refractivity (Wildman–Crippen MR) is 87.4 cm³/mol. The van der Waals surface area contributed by atoms with Crippen molar-refractivity contribution in [3.63, 3.8) is 0 Å². The van der Waals surface area contributed by atoms with Crippen LogP contribution >= 0.6 is 11.6 Å². The number of nitrogens with one attached hydrogen (secondary N) is 1. The Morgan fingerprint density at radius 1 is 1.52 bits per heavy atom. The maximum atomic E-state index is 12.2. The van der Waals surface area contributed by atoms with Gasteiger partial charge in [0.05, 0.1) is 11.1 Å². The van der Waals surface area contributed by atoms with Crippen molar-refractivity contribution in [2.75, 3.05) is 0 Å². The molecule has 1 N–H and O–H groups in total. The van der Waals surface area contributed by atoms with E-state index in [2.05, 4.69) is 17.5 Å². The van der Waals surface area contributed by atoms with Crippen molar-refractivity contribution in [3.8, 4) is 0 Å². The molecule has 3 rings (SSSR count). The lowest BCUT2D eigenvalue weighted by Gasteiger charge is -2.15. The summed E-state index contributed by atoms with van der Waals surface area (Å²) in [6.07, 6.45) is 6.00. The Labute approximate surface area is 139 Å². The zero-order valence-corrected chi connectivity index (χ0v) is 13.5. The number of halogens is 1. The summed E-state index contributed by atoms with van der Waals surface area (Å²) >= 11 is 5.75. The molecule has 1 amide bonds. The molecule has 23 heavy (non-hydrogen) atoms. The number of amides is 1. The summed E-state index contributed by atoms with van der Waals surface area (Å²) < 4.78 is 0. The van der Waals surface area contributed by atoms with Gasteiger partial charge in [0.2, 0.25) is 5.91 Å². The number of nitro benzene ring substituents is 1. The molecule has 122 valence electrons. The largest absolute Gasteiger partial charge is 0.288 e. The number of carbonyl (C=O) groups is 1. The first-order valence-electron chi connectivity index (χ1n) is 7.70. The number of hydrogen-bond acceptors (Lipinski definition) is 4. The zero-order chi connectivity index (χ0) is 16.6. The third-order valence-electron chi connectivity index (χ3n) is 5.17. The second-order valence-electron chi connectivity index (χ2n) is 6.54. The molecule has 2 saturated carbocycles. The second kappa shape index (κ2) is 5.92. The standard InChI is InChI=1S/C16H18ClN3O3/c1-16-7-3-2-4-11(16)14(16)15(21)19-18-9-10-5-6-12(17)13(8-10)20(22)23/h5-6,8-9,11,14H,2-4,7H2,1H3,(H,19,21)/b18-9-/t11-,14+,16+/m1/s1. The van der Waals surface area contributed by atoms with Crippen LogP contribution in [0.2, 0.25) is 5.02 Å². The van der Waals surface area contributed by atoms with E-state index in [0.29, 0.717) is 11.5 Å². The number of nitrogens with zero attached hydrogens (tertiary/aromatic N) is 2. The number of nitro groups is 1. The third-order valence-corrected chi connectivity index (χ3v) is 5.49. The summed E-state index contributed by atoms with van der Waals surface area (Å²) in [6, 6.07) is 4.39. The monoisotopic (exact) mass is 335 g/mol. The van der Waals surface area contributed by atoms with Crippen LogP contribution in [-0.4, -0.2) is 17.0 Å². The SMILES string of the molecule is C[C@]12CCCC[C@@H]1[C@H]2C(=O)N/N=C\c1ccc(Cl)c([N+](=O)[O-])c1. The fourth-order valence-corrected chi connectivity index (χ4v) is 4.03. The maximum absolute atomic E-state index is 12.2. The molecule has 0 bridgehead atoms. The summed E-state index contributed by atoms with van der Waals surface area (Å²) in [5.41, 5.74) is 3.04. The number of rotatable bonds is 4. The average molecular weight is 336 g/mol. The molecular formula is C16H18ClN3O3. The molecule has 0 aromatic heterocycles. The maximum Gasteiger partial charge on any atom is 0.288 e. The first-order valence-corrected chi connectivity index (χ1v) is 8.08. The van der Waals surface area contributed by atoms with Crippen LogP contribution in [0, 0.1) is 27.4 Å². The normalized spacial score (nSPS) is 29.1. The van der Waals surface area contributed by atoms with Crippen LogP contribution in [-0.2, 0) is 4.79 Å². The first-order chi connectivity index (χ1) is 10.9. The Morgan fingerprint density at radius 2 is 2.30 bits per heavy atom. The van der Waals surface area contributed by atoms with E-state index < -0.39 is 4.92 Å². The lowest BCUT2D eigenvalue weighted by atomic mass is 9.90. The van der Waals surface area contributed by atoms with E-state index in [1.54, 1.807) is 6.07 Å². The van der Waals surface area contributed by atoms with Crippen molar-refractivity contribution in [3.05, 3.63) is 38.9 Å². The van der Waals surface area contributed by atoms with Crippen LogP contribution in [0.1, 0.15) is 38.2 Å². The third kappa shape index (κ3) is 2.95. The highest BCUT2D eigenvalue weighted by atomic mass is 35.5. The smallest absolute Gasteiger partial charge is 0.273 e. The van der Waals surface area contributed by atoms with Gasteiger partial charge in [0.1, 0.15) is 5.02 Å². The number of carbonyl (C=O) groups excluding carboxylic acids is 1. The number of hydrazone groups is 1. The highest BCUT2D eigenvalue weighted by molar-refractivity contribution is 6.32. The molecule has 0 aliphatic heterocycles. The van der Waals surface area contributed by atoms with E-state index in [4.69, 9.17) is 11.6 Å². The van der Waals surface area contributed by atoms with Gasteiger partial charge < -0.3 is 0 Å². The molecule has 1 aromatic carbocycles. The van der Waals surface area contributed by atoms with E-state index in [1.165, 1.54) is 31.2 Å². The average Bonchev–Trinajstić information content (AvgIpc) is 3.14. The van der Waals surface area contributed by atoms with Crippen molar-refractivity contribution in [2.24, 2.45) is 22.4 Å². The van der Waals surface area contributed by atoms with Gasteiger partial charge in [-0.2, -0.15) is 5.10 Å². The molecule has 0 saturated heterocycles. The summed E-state index contributed by atoms with van der Waals surface area (Å²) in [4.78, 5) is 22.5. The molecule has 7 heteroatoms. The molecule has 0 spiro atoms. The molecule has 0 heterocycles. The Kier molecular flexibility index (Phi) is 4.10. The van der Waals surface area contributed by atoms with Crippen molar-refractivity contribution in [1.29, 1.82) is 0 Å². The summed E-state index contributed by atoms with van der Waals surface area (Å²) in [5.74, 6) is 0.462. The zero-order valence-electron chi connectivity index (χ0n) is 12.8. The molecule has 6 nitrogen and oxygen atoms in total. The van der Waals surface area contributed by atoms with Crippen LogP contribution in [0.25, 0.3) is 0 Å². The van der Waals surface area contributed by atoms with Crippen molar-refractivity contribution < 1.29 is 9.72 Å². The number of fused-ring (bicyclic) bond motifs is 1. The van der Waals surface area contributed by atoms with Gasteiger partial charge in [-0.15, -0.1) is 0 Å². The molecule has 2 fully saturated rings. The van der Waals surface area contributed by atoms with E-state index >= 15 is 0 Å². The molecule has 0 unspecified atom stereocenters. The van der Waals surface area contributed by atoms with E-state index in [1.807, 2.05) is 0 Å². The van der Waals surface area contributed by atoms with Gasteiger partial charge in [-0.1, -0.05) is 37.4 Å². The highest BCUT2D eigenvalue weighted by Gasteiger charge is 2.64. The fourth-order valence-electron chi connectivity index (χ4n) is 3.84. The van der Waals surface area contributed by atoms with Gasteiger partial charge in [0.25, 0.3) is 5.69 Å². The van der Waals surface area contributed by atoms with Crippen LogP contribution in [0.4, 0.5) is 5.69 Å². The van der Waals surface area contributed by atoms with E-state index in [0.717, 1.165) is 12.8 Å². The Morgan fingerprint density at radius 3 is 2.96 bits per heavy atom. The van der Waals surface area contributed by atoms with Crippen molar-refractivity contribution in [1.82, 2.24) is 5.43 Å². The summed E-state index contributed by atoms with van der Waals surface area (Å²) in [7, 11) is 0. The van der Waals surface area contributed by atoms with Crippen molar-refractivity contribution in [2.45, 2.75) is 32.6 Å². The fraction of sp³-hybridized carbons (Fsp3) is 0.500. The first kappa shape index (κ1) is 15.9. The van der Waals surface area contributed by atoms with Crippen LogP contribution in [0.3, 0.4) is 0 Å². The molecular weight excluding hydrogens is 318 g/mol.